The van der Waals surface area contributed by atoms with E-state index in [2.05, 4.69) is 16.3 Å². The summed E-state index contributed by atoms with van der Waals surface area (Å²) in [5, 5.41) is 0. The van der Waals surface area contributed by atoms with E-state index in [4.69, 9.17) is 4.74 Å². The molecule has 1 atom stereocenters. The lowest BCUT2D eigenvalue weighted by Crippen LogP contribution is -2.24. The van der Waals surface area contributed by atoms with Crippen molar-refractivity contribution in [1.82, 2.24) is 13.9 Å². The fourth-order valence-corrected chi connectivity index (χ4v) is 3.16. The number of aromatic nitrogens is 3. The Morgan fingerprint density at radius 2 is 2.29 bits per heavy atom. The average Bonchev–Trinajstić information content (AvgIpc) is 3.22. The van der Waals surface area contributed by atoms with Crippen LogP contribution in [-0.4, -0.2) is 26.5 Å². The van der Waals surface area contributed by atoms with Crippen LogP contribution in [-0.2, 0) is 11.3 Å². The van der Waals surface area contributed by atoms with Gasteiger partial charge in [0.2, 0.25) is 0 Å². The predicted octanol–water partition coefficient (Wildman–Crippen LogP) is 2.08. The summed E-state index contributed by atoms with van der Waals surface area (Å²) in [6.45, 7) is 4.83. The molecule has 3 rings (SSSR count). The van der Waals surface area contributed by atoms with Crippen molar-refractivity contribution < 1.29 is 9.53 Å². The number of hydrogen-bond acceptors (Lipinski definition) is 6. The van der Waals surface area contributed by atoms with E-state index < -0.39 is 5.97 Å². The first-order chi connectivity index (χ1) is 10.1. The first kappa shape index (κ1) is 14.2. The zero-order valence-corrected chi connectivity index (χ0v) is 12.9. The largest absolute Gasteiger partial charge is 0.462 e. The summed E-state index contributed by atoms with van der Waals surface area (Å²) in [7, 11) is 0. The molecule has 112 valence electrons. The number of nitrogens with zero attached hydrogens (tertiary/aromatic N) is 3. The molecule has 0 spiro atoms. The zero-order chi connectivity index (χ0) is 15.0. The predicted molar refractivity (Wildman–Crippen MR) is 79.5 cm³/mol. The summed E-state index contributed by atoms with van der Waals surface area (Å²) in [4.78, 5) is 28.8. The van der Waals surface area contributed by atoms with Gasteiger partial charge in [-0.05, 0) is 43.1 Å². The number of ether oxygens (including phenoxy) is 1. The molecule has 2 aromatic heterocycles. The van der Waals surface area contributed by atoms with Crippen molar-refractivity contribution in [2.75, 3.05) is 6.61 Å². The molecular formula is C14H17N3O3S. The first-order valence-corrected chi connectivity index (χ1v) is 7.91. The second-order valence-electron chi connectivity index (χ2n) is 5.45. The Morgan fingerprint density at radius 1 is 1.52 bits per heavy atom. The van der Waals surface area contributed by atoms with Gasteiger partial charge in [-0.1, -0.05) is 6.92 Å². The molecule has 21 heavy (non-hydrogen) atoms. The molecular weight excluding hydrogens is 290 g/mol. The maximum atomic E-state index is 12.4. The van der Waals surface area contributed by atoms with Crippen molar-refractivity contribution in [2.24, 2.45) is 11.8 Å². The normalized spacial score (nSPS) is 16.1. The van der Waals surface area contributed by atoms with Gasteiger partial charge in [-0.15, -0.1) is 0 Å². The lowest BCUT2D eigenvalue weighted by molar-refractivity contribution is 0.0534. The lowest BCUT2D eigenvalue weighted by Gasteiger charge is -2.11. The molecule has 0 saturated heterocycles. The molecule has 1 aliphatic carbocycles. The van der Waals surface area contributed by atoms with Crippen LogP contribution < -0.4 is 5.56 Å². The van der Waals surface area contributed by atoms with E-state index in [9.17, 15) is 9.59 Å². The minimum Gasteiger partial charge on any atom is -0.462 e. The summed E-state index contributed by atoms with van der Waals surface area (Å²) in [5.41, 5.74) is 0.423. The average molecular weight is 307 g/mol. The Hall–Kier alpha value is -1.76. The first-order valence-electron chi connectivity index (χ1n) is 7.13. The van der Waals surface area contributed by atoms with Gasteiger partial charge in [-0.2, -0.15) is 4.37 Å². The third-order valence-electron chi connectivity index (χ3n) is 3.83. The van der Waals surface area contributed by atoms with Crippen molar-refractivity contribution in [1.29, 1.82) is 0 Å². The van der Waals surface area contributed by atoms with Gasteiger partial charge in [0.1, 0.15) is 5.52 Å². The van der Waals surface area contributed by atoms with Gasteiger partial charge in [0.15, 0.2) is 10.4 Å². The molecule has 1 unspecified atom stereocenters. The van der Waals surface area contributed by atoms with E-state index in [-0.39, 0.29) is 17.7 Å². The number of carbonyl (C=O) groups excluding carboxylic acids is 1. The molecule has 0 radical (unpaired) electrons. The van der Waals surface area contributed by atoms with Crippen LogP contribution in [0.2, 0.25) is 0 Å². The van der Waals surface area contributed by atoms with Crippen molar-refractivity contribution in [3.8, 4) is 0 Å². The Kier molecular flexibility index (Phi) is 3.75. The fraction of sp³-hybridized carbons (Fsp3) is 0.571. The molecule has 0 N–H and O–H groups in total. The fourth-order valence-electron chi connectivity index (χ4n) is 2.45. The molecule has 2 heterocycles. The minimum absolute atomic E-state index is 0.181. The second-order valence-corrected chi connectivity index (χ2v) is 6.22. The van der Waals surface area contributed by atoms with Gasteiger partial charge in [-0.25, -0.2) is 9.78 Å². The van der Waals surface area contributed by atoms with Crippen molar-refractivity contribution in [2.45, 2.75) is 33.2 Å². The van der Waals surface area contributed by atoms with E-state index in [0.717, 1.165) is 17.5 Å². The highest BCUT2D eigenvalue weighted by molar-refractivity contribution is 7.09. The van der Waals surface area contributed by atoms with Crippen LogP contribution >= 0.6 is 11.5 Å². The molecule has 0 aromatic carbocycles. The highest BCUT2D eigenvalue weighted by Gasteiger charge is 2.28. The van der Waals surface area contributed by atoms with Gasteiger partial charge in [-0.3, -0.25) is 9.36 Å². The van der Waals surface area contributed by atoms with Crippen LogP contribution in [0.5, 0.6) is 0 Å². The molecule has 7 heteroatoms. The Morgan fingerprint density at radius 3 is 2.95 bits per heavy atom. The van der Waals surface area contributed by atoms with Gasteiger partial charge in [0.05, 0.1) is 12.9 Å². The highest BCUT2D eigenvalue weighted by atomic mass is 32.1. The lowest BCUT2D eigenvalue weighted by atomic mass is 10.1. The van der Waals surface area contributed by atoms with Crippen LogP contribution in [0.25, 0.3) is 11.0 Å². The number of rotatable bonds is 5. The van der Waals surface area contributed by atoms with Crippen LogP contribution in [0.3, 0.4) is 0 Å². The van der Waals surface area contributed by atoms with Gasteiger partial charge >= 0.3 is 5.97 Å². The number of fused-ring (bicyclic) bond motifs is 1. The third kappa shape index (κ3) is 2.70. The zero-order valence-electron chi connectivity index (χ0n) is 12.0. The Bertz CT molecular complexity index is 733. The maximum Gasteiger partial charge on any atom is 0.352 e. The van der Waals surface area contributed by atoms with Crippen LogP contribution in [0.1, 0.15) is 36.4 Å². The van der Waals surface area contributed by atoms with Gasteiger partial charge in [0, 0.05) is 6.54 Å². The van der Waals surface area contributed by atoms with Crippen molar-refractivity contribution >= 4 is 28.5 Å². The van der Waals surface area contributed by atoms with E-state index >= 15 is 0 Å². The third-order valence-corrected chi connectivity index (χ3v) is 4.65. The topological polar surface area (TPSA) is 74.1 Å². The maximum absolute atomic E-state index is 12.4. The molecule has 2 aromatic rings. The van der Waals surface area contributed by atoms with Crippen molar-refractivity contribution in [3.05, 3.63) is 21.6 Å². The minimum atomic E-state index is -0.471. The summed E-state index contributed by atoms with van der Waals surface area (Å²) >= 11 is 0.971. The summed E-state index contributed by atoms with van der Waals surface area (Å²) in [6, 6.07) is 0. The molecule has 1 aliphatic rings. The van der Waals surface area contributed by atoms with Gasteiger partial charge < -0.3 is 4.74 Å². The van der Waals surface area contributed by atoms with E-state index in [1.54, 1.807) is 11.5 Å². The van der Waals surface area contributed by atoms with Crippen LogP contribution in [0.15, 0.2) is 11.1 Å². The molecule has 0 amide bonds. The highest BCUT2D eigenvalue weighted by Crippen LogP contribution is 2.37. The molecule has 1 fully saturated rings. The number of hydrogen-bond donors (Lipinski definition) is 0. The smallest absolute Gasteiger partial charge is 0.352 e. The Balaban J connectivity index is 1.94. The molecule has 1 saturated carbocycles. The van der Waals surface area contributed by atoms with Crippen LogP contribution in [0.4, 0.5) is 0 Å². The second kappa shape index (κ2) is 5.55. The van der Waals surface area contributed by atoms with E-state index in [0.29, 0.717) is 22.9 Å². The molecule has 6 nitrogen and oxygen atoms in total. The summed E-state index contributed by atoms with van der Waals surface area (Å²) < 4.78 is 10.6. The number of carbonyl (C=O) groups is 1. The number of esters is 1. The molecule has 0 aliphatic heterocycles. The molecule has 0 bridgehead atoms. The standard InChI is InChI=1S/C14H17N3O3S/c1-3-20-14(19)12-10-11(16-21-12)13(18)17(7-15-10)6-8(2)9-4-5-9/h7-9H,3-6H2,1-2H3. The van der Waals surface area contributed by atoms with Gasteiger partial charge in [0.25, 0.3) is 5.56 Å². The van der Waals surface area contributed by atoms with E-state index in [1.165, 1.54) is 19.2 Å². The van der Waals surface area contributed by atoms with E-state index in [1.807, 2.05) is 0 Å². The summed E-state index contributed by atoms with van der Waals surface area (Å²) in [6.07, 6.45) is 4.01. The van der Waals surface area contributed by atoms with Crippen LogP contribution in [0, 0.1) is 11.8 Å². The quantitative estimate of drug-likeness (QED) is 0.791. The SMILES string of the molecule is CCOC(=O)c1snc2c(=O)n(CC(C)C3CC3)cnc12. The van der Waals surface area contributed by atoms with Crippen molar-refractivity contribution in [3.63, 3.8) is 0 Å². The monoisotopic (exact) mass is 307 g/mol. The Labute approximate surface area is 125 Å². The summed E-state index contributed by atoms with van der Waals surface area (Å²) in [5.74, 6) is 0.712.